The first-order chi connectivity index (χ1) is 16.6. The van der Waals surface area contributed by atoms with Gasteiger partial charge in [0.2, 0.25) is 0 Å². The number of ether oxygens (including phenoxy) is 1. The fraction of sp³-hybridized carbons (Fsp3) is 0.562. The van der Waals surface area contributed by atoms with E-state index in [1.807, 2.05) is 0 Å². The van der Waals surface area contributed by atoms with Crippen LogP contribution in [-0.4, -0.2) is 23.3 Å². The summed E-state index contributed by atoms with van der Waals surface area (Å²) in [6.07, 6.45) is 17.9. The van der Waals surface area contributed by atoms with Crippen molar-refractivity contribution in [1.29, 1.82) is 0 Å². The van der Waals surface area contributed by atoms with Gasteiger partial charge in [0, 0.05) is 12.1 Å². The van der Waals surface area contributed by atoms with Crippen LogP contribution in [0.25, 0.3) is 10.8 Å². The van der Waals surface area contributed by atoms with Gasteiger partial charge >= 0.3 is 0 Å². The SMILES string of the molecule is C[C@]12CC=C3C=C4CC[C@@H](NC5CC5)C[C@]45CCC3(O5)[C@@H]1CCC2c1ccc2ccccc2c1. The molecule has 2 aromatic rings. The van der Waals surface area contributed by atoms with Gasteiger partial charge in [0.25, 0.3) is 0 Å². The Kier molecular flexibility index (Phi) is 4.10. The number of nitrogens with one attached hydrogen (secondary N) is 1. The summed E-state index contributed by atoms with van der Waals surface area (Å²) in [5.74, 6) is 1.25. The smallest absolute Gasteiger partial charge is 0.0974 e. The predicted molar refractivity (Wildman–Crippen MR) is 138 cm³/mol. The van der Waals surface area contributed by atoms with E-state index in [9.17, 15) is 0 Å². The average Bonchev–Trinajstić information content (AvgIpc) is 3.52. The third-order valence-corrected chi connectivity index (χ3v) is 10.9. The lowest BCUT2D eigenvalue weighted by atomic mass is 9.58. The molecule has 6 aliphatic rings. The summed E-state index contributed by atoms with van der Waals surface area (Å²) in [4.78, 5) is 0. The Labute approximate surface area is 203 Å². The molecule has 34 heavy (non-hydrogen) atoms. The zero-order valence-corrected chi connectivity index (χ0v) is 20.5. The van der Waals surface area contributed by atoms with Crippen molar-refractivity contribution >= 4 is 10.8 Å². The van der Waals surface area contributed by atoms with Crippen molar-refractivity contribution in [2.24, 2.45) is 11.3 Å². The van der Waals surface area contributed by atoms with Crippen molar-refractivity contribution in [3.05, 3.63) is 71.3 Å². The highest BCUT2D eigenvalue weighted by molar-refractivity contribution is 5.83. The van der Waals surface area contributed by atoms with E-state index in [0.717, 1.165) is 6.04 Å². The van der Waals surface area contributed by atoms with E-state index in [4.69, 9.17) is 4.74 Å². The van der Waals surface area contributed by atoms with Gasteiger partial charge in [0.1, 0.15) is 0 Å². The molecule has 3 saturated carbocycles. The second-order valence-electron chi connectivity index (χ2n) is 12.7. The molecule has 0 radical (unpaired) electrons. The quantitative estimate of drug-likeness (QED) is 0.533. The second kappa shape index (κ2) is 6.86. The molecule has 1 N–H and O–H groups in total. The van der Waals surface area contributed by atoms with E-state index in [-0.39, 0.29) is 16.6 Å². The third-order valence-electron chi connectivity index (χ3n) is 10.9. The van der Waals surface area contributed by atoms with Crippen molar-refractivity contribution in [1.82, 2.24) is 5.32 Å². The van der Waals surface area contributed by atoms with E-state index in [1.165, 1.54) is 75.0 Å². The number of rotatable bonds is 3. The van der Waals surface area contributed by atoms with E-state index >= 15 is 0 Å². The van der Waals surface area contributed by atoms with Crippen LogP contribution in [0.3, 0.4) is 0 Å². The van der Waals surface area contributed by atoms with Gasteiger partial charge in [-0.1, -0.05) is 61.5 Å². The Hall–Kier alpha value is -1.90. The molecule has 2 unspecified atom stereocenters. The summed E-state index contributed by atoms with van der Waals surface area (Å²) in [5.41, 5.74) is 4.97. The van der Waals surface area contributed by atoms with E-state index in [2.05, 4.69) is 66.9 Å². The van der Waals surface area contributed by atoms with Gasteiger partial charge in [-0.3, -0.25) is 0 Å². The highest BCUT2D eigenvalue weighted by Crippen LogP contribution is 2.69. The lowest BCUT2D eigenvalue weighted by molar-refractivity contribution is -0.136. The lowest BCUT2D eigenvalue weighted by Crippen LogP contribution is -2.55. The minimum atomic E-state index is -0.0381. The van der Waals surface area contributed by atoms with Gasteiger partial charge in [0.15, 0.2) is 0 Å². The molecule has 0 aromatic heterocycles. The predicted octanol–water partition coefficient (Wildman–Crippen LogP) is 7.20. The largest absolute Gasteiger partial charge is 0.359 e. The molecule has 2 heterocycles. The van der Waals surface area contributed by atoms with Crippen molar-refractivity contribution in [3.63, 3.8) is 0 Å². The summed E-state index contributed by atoms with van der Waals surface area (Å²) in [7, 11) is 0. The van der Waals surface area contributed by atoms with E-state index in [1.54, 1.807) is 16.7 Å². The van der Waals surface area contributed by atoms with Crippen LogP contribution in [-0.2, 0) is 4.74 Å². The van der Waals surface area contributed by atoms with Crippen LogP contribution in [0.4, 0.5) is 0 Å². The first-order valence-corrected chi connectivity index (χ1v) is 13.9. The molecular formula is C32H37NO. The van der Waals surface area contributed by atoms with Crippen molar-refractivity contribution in [2.75, 3.05) is 0 Å². The van der Waals surface area contributed by atoms with E-state index < -0.39 is 0 Å². The van der Waals surface area contributed by atoms with Crippen LogP contribution in [0.5, 0.6) is 0 Å². The maximum Gasteiger partial charge on any atom is 0.0974 e. The van der Waals surface area contributed by atoms with Crippen molar-refractivity contribution < 1.29 is 4.74 Å². The van der Waals surface area contributed by atoms with Crippen molar-refractivity contribution in [2.45, 2.75) is 100 Å². The zero-order chi connectivity index (χ0) is 22.5. The normalized spacial score (nSPS) is 42.6. The number of hydrogen-bond donors (Lipinski definition) is 1. The average molecular weight is 452 g/mol. The molecule has 2 spiro atoms. The van der Waals surface area contributed by atoms with Gasteiger partial charge in [0.05, 0.1) is 11.2 Å². The molecule has 176 valence electrons. The van der Waals surface area contributed by atoms with Crippen LogP contribution in [0.2, 0.25) is 0 Å². The van der Waals surface area contributed by atoms with Gasteiger partial charge in [-0.05, 0) is 109 Å². The monoisotopic (exact) mass is 451 g/mol. The minimum Gasteiger partial charge on any atom is -0.359 e. The fourth-order valence-electron chi connectivity index (χ4n) is 9.11. The number of allylic oxidation sites excluding steroid dienone is 1. The Morgan fingerprint density at radius 2 is 1.79 bits per heavy atom. The maximum atomic E-state index is 7.47. The van der Waals surface area contributed by atoms with Crippen LogP contribution in [0, 0.1) is 11.3 Å². The van der Waals surface area contributed by atoms with Gasteiger partial charge in [-0.25, -0.2) is 0 Å². The molecule has 2 bridgehead atoms. The number of fused-ring (bicyclic) bond motifs is 2. The standard InChI is InChI=1S/C32H37NO/c1-30-15-14-25-19-24-8-9-27(33-26-10-11-26)20-31(24)16-17-32(25,34-31)29(30)13-12-28(30)23-7-6-21-4-2-3-5-22(21)18-23/h2-7,14,18-19,26-29,33H,8-13,15-17,20H2,1H3/t27-,28?,29-,30-,31-,32?/m1/s1. The van der Waals surface area contributed by atoms with Crippen LogP contribution < -0.4 is 5.32 Å². The Balaban J connectivity index is 1.15. The molecule has 2 heteroatoms. The summed E-state index contributed by atoms with van der Waals surface area (Å²) in [5, 5.41) is 6.69. The molecule has 1 saturated heterocycles. The molecule has 0 amide bonds. The van der Waals surface area contributed by atoms with Crippen LogP contribution in [0.1, 0.15) is 82.6 Å². The molecule has 4 fully saturated rings. The van der Waals surface area contributed by atoms with Gasteiger partial charge in [-0.2, -0.15) is 0 Å². The maximum absolute atomic E-state index is 7.47. The van der Waals surface area contributed by atoms with Crippen molar-refractivity contribution in [3.8, 4) is 0 Å². The summed E-state index contributed by atoms with van der Waals surface area (Å²) in [6.45, 7) is 2.60. The first kappa shape index (κ1) is 20.3. The highest BCUT2D eigenvalue weighted by Gasteiger charge is 2.66. The molecule has 6 atom stereocenters. The summed E-state index contributed by atoms with van der Waals surface area (Å²) in [6, 6.07) is 17.5. The Morgan fingerprint density at radius 1 is 0.912 bits per heavy atom. The second-order valence-corrected chi connectivity index (χ2v) is 12.7. The van der Waals surface area contributed by atoms with Crippen LogP contribution in [0.15, 0.2) is 65.8 Å². The topological polar surface area (TPSA) is 21.3 Å². The molecule has 2 aliphatic heterocycles. The molecule has 2 nitrogen and oxygen atoms in total. The van der Waals surface area contributed by atoms with E-state index in [0.29, 0.717) is 17.9 Å². The first-order valence-electron chi connectivity index (χ1n) is 13.9. The minimum absolute atomic E-state index is 0.0153. The third kappa shape index (κ3) is 2.70. The Morgan fingerprint density at radius 3 is 2.68 bits per heavy atom. The molecule has 4 aliphatic carbocycles. The number of benzene rings is 2. The Bertz CT molecular complexity index is 1240. The zero-order valence-electron chi connectivity index (χ0n) is 20.5. The van der Waals surface area contributed by atoms with Crippen LogP contribution >= 0.6 is 0 Å². The van der Waals surface area contributed by atoms with Gasteiger partial charge in [-0.15, -0.1) is 0 Å². The highest BCUT2D eigenvalue weighted by atomic mass is 16.5. The molecule has 8 rings (SSSR count). The number of hydrogen-bond acceptors (Lipinski definition) is 2. The summed E-state index contributed by atoms with van der Waals surface area (Å²) < 4.78 is 7.47. The summed E-state index contributed by atoms with van der Waals surface area (Å²) >= 11 is 0. The molecule has 2 aromatic carbocycles. The van der Waals surface area contributed by atoms with Gasteiger partial charge < -0.3 is 10.1 Å². The lowest BCUT2D eigenvalue weighted by Gasteiger charge is -2.54. The fourth-order valence-corrected chi connectivity index (χ4v) is 9.11. The molecular weight excluding hydrogens is 414 g/mol.